The summed E-state index contributed by atoms with van der Waals surface area (Å²) in [5.41, 5.74) is 1.88. The first-order valence-electron chi connectivity index (χ1n) is 7.94. The summed E-state index contributed by atoms with van der Waals surface area (Å²) in [4.78, 5) is 4.72. The lowest BCUT2D eigenvalue weighted by Crippen LogP contribution is -2.12. The highest BCUT2D eigenvalue weighted by molar-refractivity contribution is 5.92. The van der Waals surface area contributed by atoms with Crippen molar-refractivity contribution < 1.29 is 13.9 Å². The number of furan rings is 1. The smallest absolute Gasteiger partial charge is 0.176 e. The molecule has 6 nitrogen and oxygen atoms in total. The fourth-order valence-corrected chi connectivity index (χ4v) is 2.96. The number of hydrogen-bond donors (Lipinski definition) is 0. The van der Waals surface area contributed by atoms with Gasteiger partial charge < -0.3 is 13.9 Å². The molecule has 1 saturated heterocycles. The molecule has 0 N–H and O–H groups in total. The molecule has 1 atom stereocenters. The molecule has 0 amide bonds. The quantitative estimate of drug-likeness (QED) is 0.724. The van der Waals surface area contributed by atoms with Gasteiger partial charge in [-0.1, -0.05) is 12.1 Å². The highest BCUT2D eigenvalue weighted by Crippen LogP contribution is 2.31. The average Bonchev–Trinajstić information content (AvgIpc) is 3.30. The number of ether oxygens (including phenoxy) is 2. The molecule has 0 spiro atoms. The molecule has 3 heterocycles. The Labute approximate surface area is 134 Å². The van der Waals surface area contributed by atoms with Crippen LogP contribution in [0, 0.1) is 0 Å². The molecule has 0 bridgehead atoms. The van der Waals surface area contributed by atoms with Crippen LogP contribution in [0.2, 0.25) is 0 Å². The molecule has 120 valence electrons. The summed E-state index contributed by atoms with van der Waals surface area (Å²) < 4.78 is 18.5. The van der Waals surface area contributed by atoms with Crippen molar-refractivity contribution in [1.29, 1.82) is 0 Å². The zero-order chi connectivity index (χ0) is 15.6. The van der Waals surface area contributed by atoms with Crippen molar-refractivity contribution >= 4 is 11.0 Å². The highest BCUT2D eigenvalue weighted by Gasteiger charge is 2.24. The second-order valence-corrected chi connectivity index (χ2v) is 5.59. The topological polar surface area (TPSA) is 62.3 Å². The lowest BCUT2D eigenvalue weighted by atomic mass is 10.1. The van der Waals surface area contributed by atoms with Gasteiger partial charge in [-0.25, -0.2) is 9.67 Å². The third-order valence-corrected chi connectivity index (χ3v) is 4.10. The summed E-state index contributed by atoms with van der Waals surface area (Å²) in [5, 5.41) is 5.71. The molecule has 1 aromatic carbocycles. The van der Waals surface area contributed by atoms with E-state index in [9.17, 15) is 0 Å². The van der Waals surface area contributed by atoms with Crippen molar-refractivity contribution in [3.05, 3.63) is 36.4 Å². The number of nitrogens with zero attached hydrogens (tertiary/aromatic N) is 3. The van der Waals surface area contributed by atoms with Crippen LogP contribution in [0.1, 0.15) is 25.2 Å². The number of hydrogen-bond acceptors (Lipinski definition) is 5. The first-order valence-corrected chi connectivity index (χ1v) is 7.94. The molecular weight excluding hydrogens is 294 g/mol. The van der Waals surface area contributed by atoms with Gasteiger partial charge in [0.2, 0.25) is 0 Å². The van der Waals surface area contributed by atoms with Crippen molar-refractivity contribution in [1.82, 2.24) is 14.8 Å². The molecule has 6 heteroatoms. The fourth-order valence-electron chi connectivity index (χ4n) is 2.96. The van der Waals surface area contributed by atoms with Gasteiger partial charge in [0, 0.05) is 24.2 Å². The minimum atomic E-state index is 0.218. The lowest BCUT2D eigenvalue weighted by Gasteiger charge is -2.11. The van der Waals surface area contributed by atoms with E-state index in [0.717, 1.165) is 35.4 Å². The predicted molar refractivity (Wildman–Crippen MR) is 85.0 cm³/mol. The maximum Gasteiger partial charge on any atom is 0.176 e. The number of aromatic nitrogens is 3. The molecule has 0 saturated carbocycles. The Hall–Kier alpha value is -2.18. The minimum Gasteiger partial charge on any atom is -0.464 e. The van der Waals surface area contributed by atoms with Crippen molar-refractivity contribution in [2.24, 2.45) is 0 Å². The summed E-state index contributed by atoms with van der Waals surface area (Å²) in [7, 11) is 0. The molecule has 0 radical (unpaired) electrons. The molecular formula is C17H19N3O3. The normalized spacial score (nSPS) is 18.0. The van der Waals surface area contributed by atoms with Gasteiger partial charge in [-0.15, -0.1) is 0 Å². The van der Waals surface area contributed by atoms with E-state index in [-0.39, 0.29) is 6.04 Å². The van der Waals surface area contributed by atoms with Crippen LogP contribution in [0.25, 0.3) is 22.4 Å². The van der Waals surface area contributed by atoms with E-state index in [4.69, 9.17) is 18.9 Å². The molecule has 2 aromatic heterocycles. The van der Waals surface area contributed by atoms with Crippen LogP contribution in [-0.2, 0) is 16.1 Å². The van der Waals surface area contributed by atoms with Gasteiger partial charge in [0.05, 0.1) is 18.9 Å². The minimum absolute atomic E-state index is 0.218. The van der Waals surface area contributed by atoms with E-state index in [1.807, 2.05) is 29.8 Å². The summed E-state index contributed by atoms with van der Waals surface area (Å²) in [6, 6.07) is 8.18. The molecule has 3 aromatic rings. The van der Waals surface area contributed by atoms with Gasteiger partial charge in [-0.3, -0.25) is 0 Å². The zero-order valence-electron chi connectivity index (χ0n) is 13.1. The van der Waals surface area contributed by atoms with E-state index in [1.165, 1.54) is 0 Å². The Morgan fingerprint density at radius 3 is 3.13 bits per heavy atom. The first-order chi connectivity index (χ1) is 11.4. The highest BCUT2D eigenvalue weighted by atomic mass is 16.5. The van der Waals surface area contributed by atoms with Crippen LogP contribution >= 0.6 is 0 Å². The van der Waals surface area contributed by atoms with E-state index in [1.54, 1.807) is 6.26 Å². The zero-order valence-corrected chi connectivity index (χ0v) is 13.1. The van der Waals surface area contributed by atoms with Gasteiger partial charge in [-0.2, -0.15) is 5.10 Å². The number of rotatable bonds is 5. The van der Waals surface area contributed by atoms with E-state index < -0.39 is 0 Å². The summed E-state index contributed by atoms with van der Waals surface area (Å²) in [6.45, 7) is 4.47. The van der Waals surface area contributed by atoms with Crippen LogP contribution in [0.5, 0.6) is 0 Å². The van der Waals surface area contributed by atoms with Gasteiger partial charge in [-0.05, 0) is 25.5 Å². The standard InChI is InChI=1S/C17H19N3O3/c1-2-21-11-16-18-17(20(19-16)12-6-8-22-10-12)14-4-3-5-15-13(14)7-9-23-15/h3-5,7,9,12H,2,6,8,10-11H2,1H3. The Morgan fingerprint density at radius 1 is 1.35 bits per heavy atom. The molecule has 0 aliphatic carbocycles. The van der Waals surface area contributed by atoms with E-state index in [0.29, 0.717) is 25.6 Å². The molecule has 1 aliphatic rings. The molecule has 1 unspecified atom stereocenters. The summed E-state index contributed by atoms with van der Waals surface area (Å²) in [5.74, 6) is 1.55. The van der Waals surface area contributed by atoms with E-state index >= 15 is 0 Å². The Kier molecular flexibility index (Phi) is 3.85. The Morgan fingerprint density at radius 2 is 2.30 bits per heavy atom. The monoisotopic (exact) mass is 313 g/mol. The average molecular weight is 313 g/mol. The first kappa shape index (κ1) is 14.4. The summed E-state index contributed by atoms with van der Waals surface area (Å²) in [6.07, 6.45) is 2.65. The van der Waals surface area contributed by atoms with Gasteiger partial charge in [0.25, 0.3) is 0 Å². The van der Waals surface area contributed by atoms with Crippen LogP contribution in [0.3, 0.4) is 0 Å². The lowest BCUT2D eigenvalue weighted by molar-refractivity contribution is 0.127. The van der Waals surface area contributed by atoms with Crippen LogP contribution in [0.4, 0.5) is 0 Å². The maximum absolute atomic E-state index is 5.53. The van der Waals surface area contributed by atoms with Crippen LogP contribution in [0.15, 0.2) is 34.9 Å². The second-order valence-electron chi connectivity index (χ2n) is 5.59. The van der Waals surface area contributed by atoms with E-state index in [2.05, 4.69) is 11.2 Å². The molecule has 23 heavy (non-hydrogen) atoms. The van der Waals surface area contributed by atoms with Crippen molar-refractivity contribution in [3.63, 3.8) is 0 Å². The largest absolute Gasteiger partial charge is 0.464 e. The Balaban J connectivity index is 1.82. The van der Waals surface area contributed by atoms with Crippen LogP contribution in [-0.4, -0.2) is 34.6 Å². The van der Waals surface area contributed by atoms with Crippen LogP contribution < -0.4 is 0 Å². The molecule has 4 rings (SSSR count). The van der Waals surface area contributed by atoms with Gasteiger partial charge >= 0.3 is 0 Å². The SMILES string of the molecule is CCOCc1nc(-c2cccc3occc23)n(C2CCOC2)n1. The van der Waals surface area contributed by atoms with Crippen molar-refractivity contribution in [2.45, 2.75) is 26.0 Å². The van der Waals surface area contributed by atoms with Gasteiger partial charge in [0.1, 0.15) is 12.2 Å². The van der Waals surface area contributed by atoms with Crippen molar-refractivity contribution in [3.8, 4) is 11.4 Å². The fraction of sp³-hybridized carbons (Fsp3) is 0.412. The summed E-state index contributed by atoms with van der Waals surface area (Å²) >= 11 is 0. The molecule has 1 aliphatic heterocycles. The third kappa shape index (κ3) is 2.64. The Bertz CT molecular complexity index is 802. The third-order valence-electron chi connectivity index (χ3n) is 4.10. The number of fused-ring (bicyclic) bond motifs is 1. The number of benzene rings is 1. The second kappa shape index (κ2) is 6.14. The predicted octanol–water partition coefficient (Wildman–Crippen LogP) is 3.19. The van der Waals surface area contributed by atoms with Crippen molar-refractivity contribution in [2.75, 3.05) is 19.8 Å². The van der Waals surface area contributed by atoms with Gasteiger partial charge in [0.15, 0.2) is 11.6 Å². The molecule has 1 fully saturated rings. The maximum atomic E-state index is 5.53.